The first kappa shape index (κ1) is 17.9. The van der Waals surface area contributed by atoms with Crippen LogP contribution in [0, 0.1) is 12.7 Å². The summed E-state index contributed by atoms with van der Waals surface area (Å²) in [6, 6.07) is 6.58. The number of aromatic nitrogens is 1. The topological polar surface area (TPSA) is 90.7 Å². The highest BCUT2D eigenvalue weighted by Crippen LogP contribution is 2.09. The van der Waals surface area contributed by atoms with Crippen molar-refractivity contribution in [1.29, 1.82) is 0 Å². The van der Waals surface area contributed by atoms with Gasteiger partial charge in [-0.1, -0.05) is 5.16 Å². The number of piperazine rings is 1. The fourth-order valence-electron chi connectivity index (χ4n) is 2.68. The number of benzene rings is 1. The fourth-order valence-corrected chi connectivity index (χ4v) is 2.68. The highest BCUT2D eigenvalue weighted by atomic mass is 19.1. The molecule has 0 bridgehead atoms. The number of nitrogens with one attached hydrogen (secondary N) is 2. The molecule has 0 atom stereocenters. The van der Waals surface area contributed by atoms with Crippen LogP contribution in [0.4, 0.5) is 9.18 Å². The van der Waals surface area contributed by atoms with Crippen LogP contribution in [0.15, 0.2) is 34.9 Å². The Hall–Kier alpha value is -2.94. The Morgan fingerprint density at radius 3 is 2.46 bits per heavy atom. The molecule has 3 rings (SSSR count). The molecule has 1 fully saturated rings. The Kier molecular flexibility index (Phi) is 5.47. The summed E-state index contributed by atoms with van der Waals surface area (Å²) >= 11 is 0. The van der Waals surface area contributed by atoms with Crippen LogP contribution < -0.4 is 10.9 Å². The number of carbonyl (C=O) groups excluding carboxylic acids is 2. The van der Waals surface area contributed by atoms with Crippen molar-refractivity contribution >= 4 is 11.9 Å². The predicted molar refractivity (Wildman–Crippen MR) is 90.5 cm³/mol. The van der Waals surface area contributed by atoms with Gasteiger partial charge in [0.05, 0.1) is 12.2 Å². The van der Waals surface area contributed by atoms with Gasteiger partial charge in [-0.25, -0.2) is 14.6 Å². The number of nitrogens with zero attached hydrogens (tertiary/aromatic N) is 3. The summed E-state index contributed by atoms with van der Waals surface area (Å²) in [6.07, 6.45) is 0. The second-order valence-corrected chi connectivity index (χ2v) is 6.09. The van der Waals surface area contributed by atoms with Crippen molar-refractivity contribution in [2.75, 3.05) is 26.2 Å². The number of rotatable bonds is 3. The van der Waals surface area contributed by atoms with Crippen LogP contribution >= 0.6 is 0 Å². The predicted octanol–water partition coefficient (Wildman–Crippen LogP) is 1.29. The molecule has 3 amide bonds. The van der Waals surface area contributed by atoms with Crippen LogP contribution in [0.3, 0.4) is 0 Å². The zero-order valence-electron chi connectivity index (χ0n) is 14.4. The van der Waals surface area contributed by atoms with E-state index in [2.05, 4.69) is 20.9 Å². The maximum absolute atomic E-state index is 12.9. The highest BCUT2D eigenvalue weighted by molar-refractivity contribution is 5.95. The molecule has 138 valence electrons. The summed E-state index contributed by atoms with van der Waals surface area (Å²) in [5.41, 5.74) is 5.81. The van der Waals surface area contributed by atoms with E-state index in [9.17, 15) is 14.0 Å². The summed E-state index contributed by atoms with van der Waals surface area (Å²) < 4.78 is 18.1. The molecule has 2 N–H and O–H groups in total. The number of hydrogen-bond donors (Lipinski definition) is 2. The quantitative estimate of drug-likeness (QED) is 0.804. The lowest BCUT2D eigenvalue weighted by Crippen LogP contribution is -2.54. The lowest BCUT2D eigenvalue weighted by atomic mass is 10.2. The van der Waals surface area contributed by atoms with Gasteiger partial charge in [0.2, 0.25) is 0 Å². The van der Waals surface area contributed by atoms with Gasteiger partial charge >= 0.3 is 6.03 Å². The fraction of sp³-hybridized carbons (Fsp3) is 0.353. The lowest BCUT2D eigenvalue weighted by Gasteiger charge is -2.34. The molecule has 1 aliphatic heterocycles. The average molecular weight is 361 g/mol. The maximum Gasteiger partial charge on any atom is 0.336 e. The third-order valence-electron chi connectivity index (χ3n) is 4.11. The second kappa shape index (κ2) is 7.96. The lowest BCUT2D eigenvalue weighted by molar-refractivity contribution is 0.0916. The molecule has 0 unspecified atom stereocenters. The van der Waals surface area contributed by atoms with Crippen molar-refractivity contribution in [3.8, 4) is 0 Å². The third-order valence-corrected chi connectivity index (χ3v) is 4.11. The molecule has 1 aromatic heterocycles. The van der Waals surface area contributed by atoms with Crippen molar-refractivity contribution in [1.82, 2.24) is 25.8 Å². The van der Waals surface area contributed by atoms with E-state index in [1.165, 1.54) is 24.3 Å². The van der Waals surface area contributed by atoms with Crippen LogP contribution in [0.5, 0.6) is 0 Å². The standard InChI is InChI=1S/C17H20FN5O3/c1-12-10-15(26-21-12)11-22-6-8-23(9-7-22)17(25)20-19-16(24)13-2-4-14(18)5-3-13/h2-5,10H,6-9,11H2,1H3,(H,19,24)(H,20,25). The van der Waals surface area contributed by atoms with E-state index >= 15 is 0 Å². The smallest absolute Gasteiger partial charge is 0.336 e. The first-order chi connectivity index (χ1) is 12.5. The van der Waals surface area contributed by atoms with E-state index in [0.717, 1.165) is 11.5 Å². The van der Waals surface area contributed by atoms with E-state index in [1.54, 1.807) is 4.90 Å². The molecule has 2 heterocycles. The number of amides is 3. The van der Waals surface area contributed by atoms with Gasteiger partial charge in [0.25, 0.3) is 5.91 Å². The molecular weight excluding hydrogens is 341 g/mol. The van der Waals surface area contributed by atoms with Gasteiger partial charge in [0, 0.05) is 37.8 Å². The summed E-state index contributed by atoms with van der Waals surface area (Å²) in [5, 5.41) is 3.86. The second-order valence-electron chi connectivity index (χ2n) is 6.09. The number of hydrazine groups is 1. The molecule has 1 aliphatic rings. The molecular formula is C17H20FN5O3. The minimum Gasteiger partial charge on any atom is -0.360 e. The van der Waals surface area contributed by atoms with E-state index in [-0.39, 0.29) is 11.6 Å². The SMILES string of the molecule is Cc1cc(CN2CCN(C(=O)NNC(=O)c3ccc(F)cc3)CC2)on1. The largest absolute Gasteiger partial charge is 0.360 e. The van der Waals surface area contributed by atoms with E-state index in [0.29, 0.717) is 32.7 Å². The molecule has 8 nitrogen and oxygen atoms in total. The van der Waals surface area contributed by atoms with E-state index in [1.807, 2.05) is 13.0 Å². The third kappa shape index (κ3) is 4.57. The van der Waals surface area contributed by atoms with Crippen LogP contribution in [0.2, 0.25) is 0 Å². The molecule has 9 heteroatoms. The first-order valence-electron chi connectivity index (χ1n) is 8.26. The average Bonchev–Trinajstić information content (AvgIpc) is 3.05. The van der Waals surface area contributed by atoms with Gasteiger partial charge in [-0.05, 0) is 31.2 Å². The number of carbonyl (C=O) groups is 2. The Bertz CT molecular complexity index is 769. The van der Waals surface area contributed by atoms with E-state index < -0.39 is 11.7 Å². The van der Waals surface area contributed by atoms with Gasteiger partial charge < -0.3 is 9.42 Å². The van der Waals surface area contributed by atoms with Gasteiger partial charge in [-0.15, -0.1) is 0 Å². The number of hydrogen-bond acceptors (Lipinski definition) is 5. The minimum atomic E-state index is -0.502. The molecule has 0 spiro atoms. The Balaban J connectivity index is 1.42. The van der Waals surface area contributed by atoms with Crippen LogP contribution in [0.25, 0.3) is 0 Å². The number of aryl methyl sites for hydroxylation is 1. The molecule has 1 saturated heterocycles. The first-order valence-corrected chi connectivity index (χ1v) is 8.26. The molecule has 1 aromatic carbocycles. The van der Waals surface area contributed by atoms with Crippen molar-refractivity contribution in [3.05, 3.63) is 53.2 Å². The van der Waals surface area contributed by atoms with Crippen LogP contribution in [-0.4, -0.2) is 53.1 Å². The summed E-state index contributed by atoms with van der Waals surface area (Å²) in [4.78, 5) is 27.8. The molecule has 0 aliphatic carbocycles. The van der Waals surface area contributed by atoms with Gasteiger partial charge in [-0.2, -0.15) is 0 Å². The highest BCUT2D eigenvalue weighted by Gasteiger charge is 2.22. The van der Waals surface area contributed by atoms with Crippen LogP contribution in [-0.2, 0) is 6.54 Å². The van der Waals surface area contributed by atoms with Gasteiger partial charge in [0.1, 0.15) is 5.82 Å². The summed E-state index contributed by atoms with van der Waals surface area (Å²) in [5.74, 6) is -0.131. The Morgan fingerprint density at radius 1 is 1.15 bits per heavy atom. The minimum absolute atomic E-state index is 0.263. The van der Waals surface area contributed by atoms with E-state index in [4.69, 9.17) is 4.52 Å². The number of halogens is 1. The summed E-state index contributed by atoms with van der Waals surface area (Å²) in [6.45, 7) is 4.97. The van der Waals surface area contributed by atoms with Crippen molar-refractivity contribution in [2.45, 2.75) is 13.5 Å². The molecule has 0 radical (unpaired) electrons. The van der Waals surface area contributed by atoms with Crippen molar-refractivity contribution < 1.29 is 18.5 Å². The Labute approximate surface area is 149 Å². The van der Waals surface area contributed by atoms with Crippen molar-refractivity contribution in [2.24, 2.45) is 0 Å². The molecule has 26 heavy (non-hydrogen) atoms. The summed E-state index contributed by atoms with van der Waals surface area (Å²) in [7, 11) is 0. The molecule has 0 saturated carbocycles. The monoisotopic (exact) mass is 361 g/mol. The normalized spacial score (nSPS) is 14.9. The zero-order valence-corrected chi connectivity index (χ0v) is 14.4. The zero-order chi connectivity index (χ0) is 18.5. The van der Waals surface area contributed by atoms with Gasteiger partial charge in [0.15, 0.2) is 5.76 Å². The van der Waals surface area contributed by atoms with Crippen molar-refractivity contribution in [3.63, 3.8) is 0 Å². The Morgan fingerprint density at radius 2 is 1.85 bits per heavy atom. The van der Waals surface area contributed by atoms with Gasteiger partial charge in [-0.3, -0.25) is 15.1 Å². The van der Waals surface area contributed by atoms with Crippen LogP contribution in [0.1, 0.15) is 21.8 Å². The maximum atomic E-state index is 12.9. The molecule has 2 aromatic rings. The number of urea groups is 1.